The third-order valence-electron chi connectivity index (χ3n) is 3.94. The van der Waals surface area contributed by atoms with Gasteiger partial charge in [0, 0.05) is 25.3 Å². The van der Waals surface area contributed by atoms with Crippen LogP contribution in [0.2, 0.25) is 0 Å². The second-order valence-electron chi connectivity index (χ2n) is 5.43. The average molecular weight is 277 g/mol. The van der Waals surface area contributed by atoms with Gasteiger partial charge in [-0.05, 0) is 31.7 Å². The van der Waals surface area contributed by atoms with Gasteiger partial charge in [-0.25, -0.2) is 9.78 Å². The number of hydrogen-bond acceptors (Lipinski definition) is 5. The molecule has 0 radical (unpaired) electrons. The maximum Gasteiger partial charge on any atom is 0.315 e. The molecule has 2 heterocycles. The molecule has 108 valence electrons. The van der Waals surface area contributed by atoms with Gasteiger partial charge in [-0.1, -0.05) is 0 Å². The summed E-state index contributed by atoms with van der Waals surface area (Å²) in [5, 5.41) is 9.37. The van der Waals surface area contributed by atoms with Crippen LogP contribution in [0.4, 0.5) is 10.6 Å². The Kier molecular flexibility index (Phi) is 3.33. The third-order valence-corrected chi connectivity index (χ3v) is 3.94. The summed E-state index contributed by atoms with van der Waals surface area (Å²) in [6.07, 6.45) is 5.58. The molecule has 2 amide bonds. The average Bonchev–Trinajstić information content (AvgIpc) is 3.23. The number of primary amides is 1. The van der Waals surface area contributed by atoms with E-state index in [-0.39, 0.29) is 18.1 Å². The van der Waals surface area contributed by atoms with E-state index in [2.05, 4.69) is 14.9 Å². The molecule has 2 fully saturated rings. The Bertz CT molecular complexity index is 505. The van der Waals surface area contributed by atoms with Crippen molar-refractivity contribution in [1.82, 2.24) is 14.9 Å². The van der Waals surface area contributed by atoms with E-state index in [0.717, 1.165) is 32.2 Å². The first-order valence-corrected chi connectivity index (χ1v) is 7.00. The molecule has 1 aromatic heterocycles. The number of rotatable bonds is 3. The molecule has 1 saturated carbocycles. The lowest BCUT2D eigenvalue weighted by molar-refractivity contribution is 0.169. The summed E-state index contributed by atoms with van der Waals surface area (Å²) >= 11 is 0. The lowest BCUT2D eigenvalue weighted by Crippen LogP contribution is -2.53. The van der Waals surface area contributed by atoms with Crippen molar-refractivity contribution in [1.29, 1.82) is 0 Å². The van der Waals surface area contributed by atoms with Gasteiger partial charge in [-0.3, -0.25) is 0 Å². The molecule has 1 saturated heterocycles. The lowest BCUT2D eigenvalue weighted by atomic mass is 10.0. The van der Waals surface area contributed by atoms with Crippen LogP contribution in [-0.2, 0) is 0 Å². The molecule has 7 heteroatoms. The summed E-state index contributed by atoms with van der Waals surface area (Å²) in [4.78, 5) is 23.3. The molecule has 0 spiro atoms. The molecular formula is C13H19N5O2. The topological polar surface area (TPSA) is 95.6 Å². The van der Waals surface area contributed by atoms with Gasteiger partial charge in [-0.15, -0.1) is 0 Å². The standard InChI is InChI=1S/C13H19N5O2/c14-12(19)18(9-3-4-9)10-2-1-7-17(8-10)11-5-6-15-13(20)16-11/h5-6,9-10H,1-4,7-8H2,(H2,14,19)(H,15,16,20)/t10-/m1/s1. The first-order chi connectivity index (χ1) is 9.65. The van der Waals surface area contributed by atoms with Crippen molar-refractivity contribution < 1.29 is 9.90 Å². The van der Waals surface area contributed by atoms with Crippen molar-refractivity contribution in [3.8, 4) is 6.01 Å². The quantitative estimate of drug-likeness (QED) is 0.847. The van der Waals surface area contributed by atoms with Crippen LogP contribution < -0.4 is 10.6 Å². The van der Waals surface area contributed by atoms with Crippen LogP contribution in [0, 0.1) is 0 Å². The molecule has 1 aliphatic heterocycles. The normalized spacial score (nSPS) is 22.6. The van der Waals surface area contributed by atoms with E-state index in [9.17, 15) is 9.90 Å². The number of hydrogen-bond donors (Lipinski definition) is 2. The second-order valence-corrected chi connectivity index (χ2v) is 5.43. The summed E-state index contributed by atoms with van der Waals surface area (Å²) in [6.45, 7) is 1.57. The summed E-state index contributed by atoms with van der Waals surface area (Å²) < 4.78 is 0. The number of carbonyl (C=O) groups excluding carboxylic acids is 1. The molecule has 2 aliphatic rings. The number of amides is 2. The van der Waals surface area contributed by atoms with Crippen LogP contribution in [0.1, 0.15) is 25.7 Å². The van der Waals surface area contributed by atoms with Crippen LogP contribution in [-0.4, -0.2) is 51.2 Å². The van der Waals surface area contributed by atoms with E-state index in [4.69, 9.17) is 5.73 Å². The summed E-state index contributed by atoms with van der Waals surface area (Å²) in [6, 6.07) is 1.67. The largest absolute Gasteiger partial charge is 0.479 e. The van der Waals surface area contributed by atoms with Crippen LogP contribution in [0.15, 0.2) is 12.3 Å². The molecular weight excluding hydrogens is 258 g/mol. The molecule has 1 aromatic rings. The minimum atomic E-state index is -0.329. The maximum atomic E-state index is 11.6. The minimum Gasteiger partial charge on any atom is -0.479 e. The van der Waals surface area contributed by atoms with Crippen molar-refractivity contribution in [2.24, 2.45) is 5.73 Å². The van der Waals surface area contributed by atoms with Gasteiger partial charge < -0.3 is 20.6 Å². The molecule has 1 aliphatic carbocycles. The number of aromatic hydroxyl groups is 1. The van der Waals surface area contributed by atoms with Crippen molar-refractivity contribution in [2.45, 2.75) is 37.8 Å². The van der Waals surface area contributed by atoms with Gasteiger partial charge in [0.25, 0.3) is 0 Å². The molecule has 0 aromatic carbocycles. The number of nitrogens with two attached hydrogens (primary N) is 1. The maximum absolute atomic E-state index is 11.6. The van der Waals surface area contributed by atoms with E-state index >= 15 is 0 Å². The molecule has 1 atom stereocenters. The molecule has 20 heavy (non-hydrogen) atoms. The van der Waals surface area contributed by atoms with Gasteiger partial charge in [0.1, 0.15) is 5.82 Å². The number of nitrogens with zero attached hydrogens (tertiary/aromatic N) is 4. The monoisotopic (exact) mass is 277 g/mol. The Hall–Kier alpha value is -2.05. The lowest BCUT2D eigenvalue weighted by Gasteiger charge is -2.39. The first-order valence-electron chi connectivity index (χ1n) is 7.00. The van der Waals surface area contributed by atoms with Gasteiger partial charge >= 0.3 is 12.0 Å². The summed E-state index contributed by atoms with van der Waals surface area (Å²) in [5.74, 6) is 0.697. The SMILES string of the molecule is NC(=O)N(C1CC1)[C@@H]1CCCN(c2ccnc(O)n2)C1. The van der Waals surface area contributed by atoms with E-state index in [1.54, 1.807) is 6.07 Å². The van der Waals surface area contributed by atoms with E-state index in [1.807, 2.05) is 4.90 Å². The second kappa shape index (κ2) is 5.15. The Morgan fingerprint density at radius 1 is 1.40 bits per heavy atom. The summed E-state index contributed by atoms with van der Waals surface area (Å²) in [5.41, 5.74) is 5.52. The number of carbonyl (C=O) groups is 1. The highest BCUT2D eigenvalue weighted by Crippen LogP contribution is 2.31. The predicted molar refractivity (Wildman–Crippen MR) is 73.4 cm³/mol. The van der Waals surface area contributed by atoms with Crippen molar-refractivity contribution >= 4 is 11.8 Å². The fourth-order valence-electron chi connectivity index (χ4n) is 2.92. The van der Waals surface area contributed by atoms with E-state index in [0.29, 0.717) is 18.4 Å². The molecule has 0 bridgehead atoms. The van der Waals surface area contributed by atoms with Gasteiger partial charge in [0.05, 0.1) is 6.04 Å². The zero-order chi connectivity index (χ0) is 14.1. The Balaban J connectivity index is 1.74. The molecule has 3 N–H and O–H groups in total. The first kappa shape index (κ1) is 13.0. The van der Waals surface area contributed by atoms with Crippen LogP contribution in [0.5, 0.6) is 6.01 Å². The number of piperidine rings is 1. The highest BCUT2D eigenvalue weighted by molar-refractivity contribution is 5.73. The molecule has 7 nitrogen and oxygen atoms in total. The van der Waals surface area contributed by atoms with Crippen molar-refractivity contribution in [3.05, 3.63) is 12.3 Å². The van der Waals surface area contributed by atoms with Crippen LogP contribution >= 0.6 is 0 Å². The Morgan fingerprint density at radius 3 is 2.85 bits per heavy atom. The number of anilines is 1. The van der Waals surface area contributed by atoms with Crippen LogP contribution in [0.25, 0.3) is 0 Å². The van der Waals surface area contributed by atoms with Crippen molar-refractivity contribution in [2.75, 3.05) is 18.0 Å². The van der Waals surface area contributed by atoms with E-state index < -0.39 is 0 Å². The summed E-state index contributed by atoms with van der Waals surface area (Å²) in [7, 11) is 0. The smallest absolute Gasteiger partial charge is 0.315 e. The molecule has 3 rings (SSSR count). The predicted octanol–water partition coefficient (Wildman–Crippen LogP) is 0.694. The van der Waals surface area contributed by atoms with Gasteiger partial charge in [0.2, 0.25) is 0 Å². The van der Waals surface area contributed by atoms with Gasteiger partial charge in [-0.2, -0.15) is 4.98 Å². The fourth-order valence-corrected chi connectivity index (χ4v) is 2.92. The zero-order valence-corrected chi connectivity index (χ0v) is 11.3. The minimum absolute atomic E-state index is 0.130. The third kappa shape index (κ3) is 2.61. The molecule has 0 unspecified atom stereocenters. The van der Waals surface area contributed by atoms with E-state index in [1.165, 1.54) is 6.20 Å². The van der Waals surface area contributed by atoms with Crippen molar-refractivity contribution in [3.63, 3.8) is 0 Å². The van der Waals surface area contributed by atoms with Crippen LogP contribution in [0.3, 0.4) is 0 Å². The zero-order valence-electron chi connectivity index (χ0n) is 11.3. The van der Waals surface area contributed by atoms with Gasteiger partial charge in [0.15, 0.2) is 0 Å². The Morgan fingerprint density at radius 2 is 2.20 bits per heavy atom. The highest BCUT2D eigenvalue weighted by atomic mass is 16.3. The highest BCUT2D eigenvalue weighted by Gasteiger charge is 2.38. The number of aromatic nitrogens is 2. The fraction of sp³-hybridized carbons (Fsp3) is 0.615. The number of urea groups is 1. The Labute approximate surface area is 117 Å².